The summed E-state index contributed by atoms with van der Waals surface area (Å²) in [7, 11) is 0. The maximum absolute atomic E-state index is 10.5. The van der Waals surface area contributed by atoms with Gasteiger partial charge in [-0.2, -0.15) is 0 Å². The summed E-state index contributed by atoms with van der Waals surface area (Å²) < 4.78 is 0. The molecule has 0 saturated carbocycles. The molecule has 0 aromatic heterocycles. The van der Waals surface area contributed by atoms with Crippen molar-refractivity contribution in [3.63, 3.8) is 0 Å². The van der Waals surface area contributed by atoms with E-state index >= 15 is 0 Å². The number of anilines is 3. The topological polar surface area (TPSA) is 302 Å². The molecule has 0 aliphatic rings. The normalized spacial score (nSPS) is 9.07. The summed E-state index contributed by atoms with van der Waals surface area (Å²) in [6.45, 7) is 0. The van der Waals surface area contributed by atoms with Gasteiger partial charge in [0.05, 0.1) is 33.4 Å². The first-order valence-corrected chi connectivity index (χ1v) is 10.1. The summed E-state index contributed by atoms with van der Waals surface area (Å²) in [5.41, 5.74) is 15.4. The number of nitrogens with two attached hydrogens (primary N) is 3. The molecule has 0 unspecified atom stereocenters. The predicted octanol–water partition coefficient (Wildman–Crippen LogP) is 2.00. The predicted molar refractivity (Wildman–Crippen MR) is 134 cm³/mol. The molecule has 41 heavy (non-hydrogen) atoms. The number of carbonyl (C=O) groups is 6. The molecule has 3 aromatic rings. The Morgan fingerprint density at radius 2 is 0.585 bits per heavy atom. The Balaban J connectivity index is 0. The zero-order valence-corrected chi connectivity index (χ0v) is 26.8. The molecule has 3 rings (SSSR count). The van der Waals surface area contributed by atoms with Gasteiger partial charge in [-0.3, -0.25) is 0 Å². The Morgan fingerprint density at radius 3 is 0.707 bits per heavy atom. The van der Waals surface area contributed by atoms with Crippen LogP contribution in [0.4, 0.5) is 17.1 Å². The summed E-state index contributed by atoms with van der Waals surface area (Å²) in [6.07, 6.45) is 0. The minimum atomic E-state index is -1.17. The average molecular weight is 824 g/mol. The van der Waals surface area contributed by atoms with E-state index < -0.39 is 35.8 Å². The largest absolute Gasteiger partial charge is 0.478 e. The number of aromatic carboxylic acids is 6. The first-order chi connectivity index (χ1) is 18.1. The van der Waals surface area contributed by atoms with Crippen LogP contribution >= 0.6 is 0 Å². The summed E-state index contributed by atoms with van der Waals surface area (Å²) >= 11 is 0. The van der Waals surface area contributed by atoms with Crippen molar-refractivity contribution in [1.82, 2.24) is 0 Å². The van der Waals surface area contributed by atoms with Gasteiger partial charge in [0.25, 0.3) is 0 Å². The van der Waals surface area contributed by atoms with Gasteiger partial charge in [0.2, 0.25) is 0 Å². The summed E-state index contributed by atoms with van der Waals surface area (Å²) in [4.78, 5) is 62.7. The second-order valence-electron chi connectivity index (χ2n) is 7.24. The van der Waals surface area contributed by atoms with Crippen LogP contribution in [0.3, 0.4) is 0 Å². The SMILES string of the molecule is Nc1cc(C(=O)O)ccc1C(=O)O.Nc1cc(C(=O)O)ccc1C(=O)O.Nc1cc(C(=O)O)ccc1C(=O)O.[Ce].[Ce]. The third kappa shape index (κ3) is 12.4. The molecule has 3 aromatic carbocycles. The van der Waals surface area contributed by atoms with Crippen molar-refractivity contribution in [2.24, 2.45) is 0 Å². The van der Waals surface area contributed by atoms with Crippen molar-refractivity contribution in [3.8, 4) is 0 Å². The van der Waals surface area contributed by atoms with Gasteiger partial charge in [-0.05, 0) is 54.6 Å². The van der Waals surface area contributed by atoms with Gasteiger partial charge >= 0.3 is 35.8 Å². The fourth-order valence-corrected chi connectivity index (χ4v) is 2.67. The van der Waals surface area contributed by atoms with E-state index in [1.807, 2.05) is 0 Å². The number of carboxylic acid groups (broad SMARTS) is 6. The molecule has 17 heteroatoms. The van der Waals surface area contributed by atoms with Crippen LogP contribution < -0.4 is 17.2 Å². The Bertz CT molecular complexity index is 1300. The average Bonchev–Trinajstić information content (AvgIpc) is 2.83. The van der Waals surface area contributed by atoms with Crippen LogP contribution in [0.2, 0.25) is 0 Å². The summed E-state index contributed by atoms with van der Waals surface area (Å²) in [6, 6.07) is 10.4. The van der Waals surface area contributed by atoms with E-state index in [-0.39, 0.29) is 134 Å². The van der Waals surface area contributed by atoms with Gasteiger partial charge < -0.3 is 47.8 Å². The Labute approximate surface area is 297 Å². The molecular formula is C24H21Ce2N3O12. The molecule has 0 saturated heterocycles. The molecule has 0 atom stereocenters. The van der Waals surface area contributed by atoms with Crippen LogP contribution in [0.15, 0.2) is 54.6 Å². The van der Waals surface area contributed by atoms with E-state index in [0.29, 0.717) is 0 Å². The molecule has 12 N–H and O–H groups in total. The van der Waals surface area contributed by atoms with Crippen LogP contribution in [-0.2, 0) is 0 Å². The zero-order chi connectivity index (χ0) is 30.0. The fourth-order valence-electron chi connectivity index (χ4n) is 2.67. The molecule has 0 fully saturated rings. The molecule has 0 spiro atoms. The van der Waals surface area contributed by atoms with Crippen LogP contribution in [0.25, 0.3) is 0 Å². The van der Waals surface area contributed by atoms with Crippen molar-refractivity contribution in [3.05, 3.63) is 88.0 Å². The fraction of sp³-hybridized carbons (Fsp3) is 0. The van der Waals surface area contributed by atoms with E-state index in [4.69, 9.17) is 47.8 Å². The third-order valence-corrected chi connectivity index (χ3v) is 4.59. The number of nitrogen functional groups attached to an aromatic ring is 3. The number of benzene rings is 3. The summed E-state index contributed by atoms with van der Waals surface area (Å²) in [5, 5.41) is 51.3. The van der Waals surface area contributed by atoms with Crippen molar-refractivity contribution in [2.45, 2.75) is 0 Å². The Morgan fingerprint density at radius 1 is 0.390 bits per heavy atom. The molecule has 0 aliphatic heterocycles. The second kappa shape index (κ2) is 18.1. The molecule has 0 bridgehead atoms. The van der Waals surface area contributed by atoms with Crippen molar-refractivity contribution < 1.29 is 143 Å². The molecule has 212 valence electrons. The van der Waals surface area contributed by atoms with Gasteiger partial charge in [-0.1, -0.05) is 0 Å². The number of carboxylic acids is 6. The van der Waals surface area contributed by atoms with Gasteiger partial charge in [0.15, 0.2) is 0 Å². The Hall–Kier alpha value is -3.37. The molecule has 15 nitrogen and oxygen atoms in total. The van der Waals surface area contributed by atoms with Gasteiger partial charge in [0, 0.05) is 101 Å². The quantitative estimate of drug-likeness (QED) is 0.161. The third-order valence-electron chi connectivity index (χ3n) is 4.59. The molecule has 0 radical (unpaired) electrons. The van der Waals surface area contributed by atoms with Crippen molar-refractivity contribution in [1.29, 1.82) is 0 Å². The van der Waals surface area contributed by atoms with Gasteiger partial charge in [-0.15, -0.1) is 0 Å². The van der Waals surface area contributed by atoms with Gasteiger partial charge in [0.1, 0.15) is 0 Å². The maximum Gasteiger partial charge on any atom is 0.337 e. The van der Waals surface area contributed by atoms with Gasteiger partial charge in [-0.25, -0.2) is 28.8 Å². The minimum Gasteiger partial charge on any atom is -0.478 e. The van der Waals surface area contributed by atoms with E-state index in [9.17, 15) is 28.8 Å². The number of hydrogen-bond acceptors (Lipinski definition) is 9. The van der Waals surface area contributed by atoms with Crippen molar-refractivity contribution in [2.75, 3.05) is 17.2 Å². The summed E-state index contributed by atoms with van der Waals surface area (Å²) in [5.74, 6) is -6.92. The first kappa shape index (κ1) is 39.8. The number of hydrogen-bond donors (Lipinski definition) is 9. The maximum atomic E-state index is 10.5. The molecule has 0 heterocycles. The Kier molecular flexibility index (Phi) is 17.6. The first-order valence-electron chi connectivity index (χ1n) is 10.1. The second-order valence-corrected chi connectivity index (χ2v) is 7.24. The van der Waals surface area contributed by atoms with Crippen LogP contribution in [0, 0.1) is 83.5 Å². The molecule has 0 aliphatic carbocycles. The van der Waals surface area contributed by atoms with E-state index in [1.165, 1.54) is 36.4 Å². The minimum absolute atomic E-state index is 0. The van der Waals surface area contributed by atoms with E-state index in [1.54, 1.807) is 0 Å². The molecular weight excluding hydrogens is 803 g/mol. The van der Waals surface area contributed by atoms with E-state index in [0.717, 1.165) is 18.2 Å². The van der Waals surface area contributed by atoms with E-state index in [2.05, 4.69) is 0 Å². The standard InChI is InChI=1S/3C8H7NO4.2Ce/c3*9-6-3-4(7(10)11)1-2-5(6)8(12)13;;/h3*1-3H,9H2,(H,10,11)(H,12,13);;. The van der Waals surface area contributed by atoms with Crippen LogP contribution in [0.1, 0.15) is 62.1 Å². The smallest absolute Gasteiger partial charge is 0.337 e. The zero-order valence-electron chi connectivity index (χ0n) is 20.6. The van der Waals surface area contributed by atoms with Crippen molar-refractivity contribution >= 4 is 52.9 Å². The number of rotatable bonds is 6. The monoisotopic (exact) mass is 823 g/mol. The van der Waals surface area contributed by atoms with Crippen LogP contribution in [0.5, 0.6) is 0 Å². The molecule has 0 amide bonds. The van der Waals surface area contributed by atoms with Crippen LogP contribution in [-0.4, -0.2) is 66.5 Å².